The Morgan fingerprint density at radius 2 is 1.50 bits per heavy atom. The van der Waals surface area contributed by atoms with Crippen molar-refractivity contribution in [3.05, 3.63) is 71.8 Å². The van der Waals surface area contributed by atoms with Crippen molar-refractivity contribution in [2.24, 2.45) is 11.8 Å². The lowest BCUT2D eigenvalue weighted by Gasteiger charge is -2.38. The van der Waals surface area contributed by atoms with E-state index in [9.17, 15) is 9.90 Å². The van der Waals surface area contributed by atoms with Gasteiger partial charge in [-0.05, 0) is 36.3 Å². The van der Waals surface area contributed by atoms with E-state index in [2.05, 4.69) is 67.3 Å². The van der Waals surface area contributed by atoms with Crippen LogP contribution in [0.4, 0.5) is 0 Å². The lowest BCUT2D eigenvalue weighted by Crippen LogP contribution is -2.47. The Hall–Kier alpha value is -1.97. The van der Waals surface area contributed by atoms with Gasteiger partial charge in [0.05, 0.1) is 6.10 Å². The minimum absolute atomic E-state index is 0.0348. The second-order valence-corrected chi connectivity index (χ2v) is 8.53. The molecule has 0 amide bonds. The molecule has 3 rings (SSSR count). The van der Waals surface area contributed by atoms with E-state index in [0.29, 0.717) is 12.3 Å². The molecule has 0 radical (unpaired) electrons. The third-order valence-electron chi connectivity index (χ3n) is 5.80. The van der Waals surface area contributed by atoms with E-state index in [1.807, 2.05) is 12.1 Å². The molecule has 1 aliphatic carbocycles. The van der Waals surface area contributed by atoms with Crippen LogP contribution >= 0.6 is 0 Å². The molecule has 0 heterocycles. The Labute approximate surface area is 169 Å². The molecule has 1 aliphatic rings. The van der Waals surface area contributed by atoms with Gasteiger partial charge in [-0.1, -0.05) is 74.5 Å². The van der Waals surface area contributed by atoms with E-state index in [1.165, 1.54) is 11.1 Å². The highest BCUT2D eigenvalue weighted by Gasteiger charge is 2.38. The number of ketones is 1. The molecule has 0 aliphatic heterocycles. The van der Waals surface area contributed by atoms with Gasteiger partial charge < -0.3 is 5.11 Å². The summed E-state index contributed by atoms with van der Waals surface area (Å²) in [5.41, 5.74) is 2.47. The van der Waals surface area contributed by atoms with E-state index < -0.39 is 6.10 Å². The van der Waals surface area contributed by atoms with Crippen molar-refractivity contribution in [1.29, 1.82) is 0 Å². The highest BCUT2D eigenvalue weighted by molar-refractivity contribution is 5.83. The van der Waals surface area contributed by atoms with Crippen molar-refractivity contribution < 1.29 is 9.90 Å². The molecule has 150 valence electrons. The highest BCUT2D eigenvalue weighted by atomic mass is 16.3. The van der Waals surface area contributed by atoms with E-state index in [1.54, 1.807) is 0 Å². The lowest BCUT2D eigenvalue weighted by atomic mass is 9.87. The smallest absolute Gasteiger partial charge is 0.138 e. The molecule has 28 heavy (non-hydrogen) atoms. The van der Waals surface area contributed by atoms with Crippen LogP contribution in [0.2, 0.25) is 0 Å². The molecule has 2 aromatic rings. The Bertz CT molecular complexity index is 687. The number of nitrogens with zero attached hydrogens (tertiary/aromatic N) is 1. The average molecular weight is 380 g/mol. The van der Waals surface area contributed by atoms with Crippen LogP contribution in [0, 0.1) is 11.8 Å². The normalized spacial score (nSPS) is 19.3. The summed E-state index contributed by atoms with van der Waals surface area (Å²) in [6.45, 7) is 5.93. The number of aliphatic hydroxyl groups is 1. The van der Waals surface area contributed by atoms with Gasteiger partial charge in [0.25, 0.3) is 0 Å². The zero-order valence-corrected chi connectivity index (χ0v) is 17.1. The van der Waals surface area contributed by atoms with Gasteiger partial charge in [-0.3, -0.25) is 9.69 Å². The molecule has 0 spiro atoms. The van der Waals surface area contributed by atoms with Gasteiger partial charge >= 0.3 is 0 Å². The first-order valence-electron chi connectivity index (χ1n) is 10.6. The van der Waals surface area contributed by atoms with E-state index in [-0.39, 0.29) is 17.7 Å². The number of benzene rings is 2. The first-order valence-corrected chi connectivity index (χ1v) is 10.6. The molecule has 3 atom stereocenters. The standard InChI is InChI=1S/C25H33NO2/c1-19(2)16-23(25(28)22-14-9-15-24(22)27)26(17-20-10-5-3-6-11-20)18-21-12-7-4-8-13-21/h3-8,10-13,19,22-23,25,28H,9,14-18H2,1-2H3/t22-,23-,25+/m0/s1. The van der Waals surface area contributed by atoms with Crippen molar-refractivity contribution >= 4 is 5.78 Å². The second-order valence-electron chi connectivity index (χ2n) is 8.53. The average Bonchev–Trinajstić information content (AvgIpc) is 3.12. The predicted octanol–water partition coefficient (Wildman–Crippen LogP) is 4.83. The van der Waals surface area contributed by atoms with Crippen LogP contribution in [-0.4, -0.2) is 27.9 Å². The minimum atomic E-state index is -0.607. The molecule has 0 aromatic heterocycles. The molecular formula is C25H33NO2. The zero-order valence-electron chi connectivity index (χ0n) is 17.1. The number of carbonyl (C=O) groups is 1. The van der Waals surface area contributed by atoms with Crippen LogP contribution in [-0.2, 0) is 17.9 Å². The summed E-state index contributed by atoms with van der Waals surface area (Å²) in [6.07, 6.45) is 2.62. The SMILES string of the molecule is CC(C)C[C@@H]([C@H](O)[C@H]1CCCC1=O)N(Cc1ccccc1)Cc1ccccc1. The molecule has 3 heteroatoms. The Kier molecular flexibility index (Phi) is 7.41. The Balaban J connectivity index is 1.88. The van der Waals surface area contributed by atoms with E-state index in [4.69, 9.17) is 0 Å². The van der Waals surface area contributed by atoms with Gasteiger partial charge in [-0.2, -0.15) is 0 Å². The molecule has 1 fully saturated rings. The van der Waals surface area contributed by atoms with Gasteiger partial charge in [0.1, 0.15) is 5.78 Å². The topological polar surface area (TPSA) is 40.5 Å². The quantitative estimate of drug-likeness (QED) is 0.678. The maximum absolute atomic E-state index is 12.4. The molecule has 0 saturated heterocycles. The summed E-state index contributed by atoms with van der Waals surface area (Å²) in [6, 6.07) is 20.8. The minimum Gasteiger partial charge on any atom is -0.391 e. The van der Waals surface area contributed by atoms with Gasteiger partial charge in [-0.25, -0.2) is 0 Å². The fraction of sp³-hybridized carbons (Fsp3) is 0.480. The molecule has 0 bridgehead atoms. The first kappa shape index (κ1) is 20.8. The predicted molar refractivity (Wildman–Crippen MR) is 114 cm³/mol. The Morgan fingerprint density at radius 3 is 1.93 bits per heavy atom. The third-order valence-corrected chi connectivity index (χ3v) is 5.80. The summed E-state index contributed by atoms with van der Waals surface area (Å²) < 4.78 is 0. The van der Waals surface area contributed by atoms with Crippen LogP contribution < -0.4 is 0 Å². The summed E-state index contributed by atoms with van der Waals surface area (Å²) in [4.78, 5) is 14.7. The van der Waals surface area contributed by atoms with Crippen molar-refractivity contribution in [2.45, 2.75) is 64.8 Å². The molecule has 1 saturated carbocycles. The molecule has 3 nitrogen and oxygen atoms in total. The monoisotopic (exact) mass is 379 g/mol. The number of hydrogen-bond donors (Lipinski definition) is 1. The third kappa shape index (κ3) is 5.52. The number of rotatable bonds is 9. The summed E-state index contributed by atoms with van der Waals surface area (Å²) in [5, 5.41) is 11.3. The van der Waals surface area contributed by atoms with E-state index >= 15 is 0 Å². The first-order chi connectivity index (χ1) is 13.5. The number of Topliss-reactive ketones (excluding diaryl/α,β-unsaturated/α-hetero) is 1. The fourth-order valence-corrected chi connectivity index (χ4v) is 4.39. The van der Waals surface area contributed by atoms with Crippen molar-refractivity contribution in [1.82, 2.24) is 4.90 Å². The van der Waals surface area contributed by atoms with Gasteiger partial charge in [0.15, 0.2) is 0 Å². The number of hydrogen-bond acceptors (Lipinski definition) is 3. The maximum Gasteiger partial charge on any atom is 0.138 e. The zero-order chi connectivity index (χ0) is 19.9. The summed E-state index contributed by atoms with van der Waals surface area (Å²) >= 11 is 0. The Morgan fingerprint density at radius 1 is 0.964 bits per heavy atom. The number of carbonyl (C=O) groups excluding carboxylic acids is 1. The van der Waals surface area contributed by atoms with Crippen molar-refractivity contribution in [3.63, 3.8) is 0 Å². The van der Waals surface area contributed by atoms with Crippen LogP contribution in [0.25, 0.3) is 0 Å². The molecule has 2 aromatic carbocycles. The highest BCUT2D eigenvalue weighted by Crippen LogP contribution is 2.31. The fourth-order valence-electron chi connectivity index (χ4n) is 4.39. The maximum atomic E-state index is 12.4. The number of aliphatic hydroxyl groups excluding tert-OH is 1. The van der Waals surface area contributed by atoms with Crippen LogP contribution in [0.15, 0.2) is 60.7 Å². The molecule has 1 N–H and O–H groups in total. The van der Waals surface area contributed by atoms with Crippen molar-refractivity contribution in [2.75, 3.05) is 0 Å². The van der Waals surface area contributed by atoms with Crippen LogP contribution in [0.3, 0.4) is 0 Å². The van der Waals surface area contributed by atoms with Gasteiger partial charge in [0.2, 0.25) is 0 Å². The lowest BCUT2D eigenvalue weighted by molar-refractivity contribution is -0.126. The molecular weight excluding hydrogens is 346 g/mol. The summed E-state index contributed by atoms with van der Waals surface area (Å²) in [7, 11) is 0. The second kappa shape index (κ2) is 9.99. The van der Waals surface area contributed by atoms with Crippen molar-refractivity contribution in [3.8, 4) is 0 Å². The summed E-state index contributed by atoms with van der Waals surface area (Å²) in [5.74, 6) is 0.476. The van der Waals surface area contributed by atoms with Gasteiger partial charge in [0, 0.05) is 31.5 Å². The molecule has 0 unspecified atom stereocenters. The largest absolute Gasteiger partial charge is 0.391 e. The van der Waals surface area contributed by atoms with Crippen LogP contribution in [0.1, 0.15) is 50.7 Å². The van der Waals surface area contributed by atoms with Crippen LogP contribution in [0.5, 0.6) is 0 Å². The van der Waals surface area contributed by atoms with E-state index in [0.717, 1.165) is 32.4 Å². The van der Waals surface area contributed by atoms with Gasteiger partial charge in [-0.15, -0.1) is 0 Å².